The van der Waals surface area contributed by atoms with E-state index in [2.05, 4.69) is 0 Å². The number of nitrogens with zero attached hydrogens (tertiary/aromatic N) is 1. The third kappa shape index (κ3) is 5.50. The fraction of sp³-hybridized carbons (Fsp3) is 0.217. The fourth-order valence-electron chi connectivity index (χ4n) is 2.72. The van der Waals surface area contributed by atoms with E-state index in [4.69, 9.17) is 9.47 Å². The monoisotopic (exact) mass is 363 g/mol. The molecule has 0 bridgehead atoms. The van der Waals surface area contributed by atoms with Gasteiger partial charge in [0, 0.05) is 25.3 Å². The van der Waals surface area contributed by atoms with E-state index in [1.54, 1.807) is 0 Å². The summed E-state index contributed by atoms with van der Waals surface area (Å²) in [6.45, 7) is 1.61. The summed E-state index contributed by atoms with van der Waals surface area (Å²) >= 11 is 0. The van der Waals surface area contributed by atoms with Crippen LogP contribution in [0.3, 0.4) is 0 Å². The van der Waals surface area contributed by atoms with Crippen LogP contribution in [0.25, 0.3) is 0 Å². The largest absolute Gasteiger partial charge is 0.485 e. The van der Waals surface area contributed by atoms with Crippen molar-refractivity contribution < 1.29 is 14.6 Å². The second-order valence-corrected chi connectivity index (χ2v) is 6.32. The Balaban J connectivity index is 1.77. The van der Waals surface area contributed by atoms with Crippen molar-refractivity contribution in [3.63, 3.8) is 0 Å². The van der Waals surface area contributed by atoms with Gasteiger partial charge in [-0.25, -0.2) is 0 Å². The molecule has 4 heteroatoms. The maximum Gasteiger partial charge on any atom is 0.163 e. The number of benzene rings is 3. The Bertz CT molecular complexity index is 822. The zero-order valence-corrected chi connectivity index (χ0v) is 15.5. The van der Waals surface area contributed by atoms with E-state index in [1.165, 1.54) is 0 Å². The summed E-state index contributed by atoms with van der Waals surface area (Å²) in [5, 5.41) is 9.19. The number of aliphatic hydroxyl groups is 1. The molecule has 4 nitrogen and oxygen atoms in total. The molecular formula is C23H25NO3. The lowest BCUT2D eigenvalue weighted by Gasteiger charge is -2.20. The molecule has 0 saturated heterocycles. The van der Waals surface area contributed by atoms with Crippen LogP contribution in [0.4, 0.5) is 5.69 Å². The molecule has 0 aliphatic rings. The van der Waals surface area contributed by atoms with Gasteiger partial charge in [-0.3, -0.25) is 0 Å². The number of likely N-dealkylation sites (N-methyl/N-ethyl adjacent to an activating group) is 1. The van der Waals surface area contributed by atoms with Crippen LogP contribution in [0.2, 0.25) is 0 Å². The number of aliphatic hydroxyl groups excluding tert-OH is 1. The second kappa shape index (κ2) is 9.64. The first-order valence-electron chi connectivity index (χ1n) is 9.06. The molecule has 0 saturated carbocycles. The van der Waals surface area contributed by atoms with Crippen LogP contribution in [0.1, 0.15) is 11.1 Å². The van der Waals surface area contributed by atoms with Gasteiger partial charge in [0.1, 0.15) is 13.2 Å². The summed E-state index contributed by atoms with van der Waals surface area (Å²) in [4.78, 5) is 1.98. The smallest absolute Gasteiger partial charge is 0.163 e. The van der Waals surface area contributed by atoms with Crippen molar-refractivity contribution in [1.29, 1.82) is 0 Å². The first kappa shape index (κ1) is 18.8. The van der Waals surface area contributed by atoms with Gasteiger partial charge in [-0.05, 0) is 23.3 Å². The maximum absolute atomic E-state index is 9.19. The minimum Gasteiger partial charge on any atom is -0.485 e. The van der Waals surface area contributed by atoms with Crippen LogP contribution in [0, 0.1) is 0 Å². The van der Waals surface area contributed by atoms with Crippen LogP contribution in [0.15, 0.2) is 78.9 Å². The molecule has 0 spiro atoms. The lowest BCUT2D eigenvalue weighted by Crippen LogP contribution is -2.21. The fourth-order valence-corrected chi connectivity index (χ4v) is 2.72. The van der Waals surface area contributed by atoms with Crippen molar-refractivity contribution in [3.8, 4) is 11.5 Å². The second-order valence-electron chi connectivity index (χ2n) is 6.32. The molecule has 0 fully saturated rings. The van der Waals surface area contributed by atoms with Crippen molar-refractivity contribution in [2.24, 2.45) is 0 Å². The van der Waals surface area contributed by atoms with Gasteiger partial charge in [0.25, 0.3) is 0 Å². The summed E-state index contributed by atoms with van der Waals surface area (Å²) in [6.07, 6.45) is 0. The van der Waals surface area contributed by atoms with Crippen LogP contribution in [0.5, 0.6) is 11.5 Å². The summed E-state index contributed by atoms with van der Waals surface area (Å²) in [6, 6.07) is 26.0. The molecule has 0 radical (unpaired) electrons. The molecule has 0 aliphatic heterocycles. The first-order valence-corrected chi connectivity index (χ1v) is 9.06. The SMILES string of the molecule is CN(CCO)c1ccc(OCc2ccccc2)c(OCc2ccccc2)c1. The number of anilines is 1. The van der Waals surface area contributed by atoms with Crippen molar-refractivity contribution in [1.82, 2.24) is 0 Å². The molecule has 0 amide bonds. The average molecular weight is 363 g/mol. The van der Waals surface area contributed by atoms with Crippen molar-refractivity contribution in [2.45, 2.75) is 13.2 Å². The van der Waals surface area contributed by atoms with Gasteiger partial charge in [0.2, 0.25) is 0 Å². The zero-order valence-electron chi connectivity index (χ0n) is 15.5. The van der Waals surface area contributed by atoms with Crippen LogP contribution in [-0.4, -0.2) is 25.3 Å². The molecule has 0 unspecified atom stereocenters. The normalized spacial score (nSPS) is 10.4. The highest BCUT2D eigenvalue weighted by atomic mass is 16.5. The highest BCUT2D eigenvalue weighted by Gasteiger charge is 2.10. The molecule has 3 aromatic carbocycles. The molecule has 3 rings (SSSR count). The van der Waals surface area contributed by atoms with E-state index < -0.39 is 0 Å². The van der Waals surface area contributed by atoms with Crippen LogP contribution >= 0.6 is 0 Å². The van der Waals surface area contributed by atoms with Gasteiger partial charge in [0.15, 0.2) is 11.5 Å². The minimum atomic E-state index is 0.100. The van der Waals surface area contributed by atoms with Crippen LogP contribution in [-0.2, 0) is 13.2 Å². The van der Waals surface area contributed by atoms with E-state index in [0.717, 1.165) is 16.8 Å². The quantitative estimate of drug-likeness (QED) is 0.616. The van der Waals surface area contributed by atoms with E-state index in [0.29, 0.717) is 31.3 Å². The van der Waals surface area contributed by atoms with E-state index in [9.17, 15) is 5.11 Å². The topological polar surface area (TPSA) is 41.9 Å². The average Bonchev–Trinajstić information content (AvgIpc) is 2.72. The lowest BCUT2D eigenvalue weighted by molar-refractivity contribution is 0.256. The molecule has 140 valence electrons. The predicted molar refractivity (Wildman–Crippen MR) is 108 cm³/mol. The molecule has 0 heterocycles. The molecule has 0 aromatic heterocycles. The highest BCUT2D eigenvalue weighted by molar-refractivity contribution is 5.56. The van der Waals surface area contributed by atoms with E-state index in [-0.39, 0.29) is 6.61 Å². The molecule has 1 N–H and O–H groups in total. The van der Waals surface area contributed by atoms with E-state index >= 15 is 0 Å². The summed E-state index contributed by atoms with van der Waals surface area (Å²) in [5.74, 6) is 1.40. The number of hydrogen-bond donors (Lipinski definition) is 1. The van der Waals surface area contributed by atoms with Gasteiger partial charge in [-0.2, -0.15) is 0 Å². The predicted octanol–water partition coefficient (Wildman–Crippen LogP) is 4.27. The van der Waals surface area contributed by atoms with Crippen molar-refractivity contribution >= 4 is 5.69 Å². The Labute approximate surface area is 160 Å². The summed E-state index contributed by atoms with van der Waals surface area (Å²) in [7, 11) is 1.94. The van der Waals surface area contributed by atoms with Gasteiger partial charge in [0.05, 0.1) is 6.61 Å². The third-order valence-electron chi connectivity index (χ3n) is 4.28. The Kier molecular flexibility index (Phi) is 6.72. The third-order valence-corrected chi connectivity index (χ3v) is 4.28. The van der Waals surface area contributed by atoms with Gasteiger partial charge in [-0.15, -0.1) is 0 Å². The number of rotatable bonds is 9. The molecule has 27 heavy (non-hydrogen) atoms. The summed E-state index contributed by atoms with van der Waals surface area (Å²) in [5.41, 5.74) is 3.17. The van der Waals surface area contributed by atoms with Crippen LogP contribution < -0.4 is 14.4 Å². The van der Waals surface area contributed by atoms with Crippen molar-refractivity contribution in [3.05, 3.63) is 90.0 Å². The highest BCUT2D eigenvalue weighted by Crippen LogP contribution is 2.33. The van der Waals surface area contributed by atoms with E-state index in [1.807, 2.05) is 90.8 Å². The van der Waals surface area contributed by atoms with Gasteiger partial charge >= 0.3 is 0 Å². The molecule has 0 atom stereocenters. The minimum absolute atomic E-state index is 0.100. The Morgan fingerprint density at radius 2 is 1.30 bits per heavy atom. The van der Waals surface area contributed by atoms with Gasteiger partial charge in [-0.1, -0.05) is 60.7 Å². The lowest BCUT2D eigenvalue weighted by atomic mass is 10.2. The molecule has 0 aliphatic carbocycles. The maximum atomic E-state index is 9.19. The number of ether oxygens (including phenoxy) is 2. The Morgan fingerprint density at radius 3 is 1.85 bits per heavy atom. The molecular weight excluding hydrogens is 338 g/mol. The van der Waals surface area contributed by atoms with Gasteiger partial charge < -0.3 is 19.5 Å². The standard InChI is InChI=1S/C23H25NO3/c1-24(14-15-25)21-12-13-22(26-17-19-8-4-2-5-9-19)23(16-21)27-18-20-10-6-3-7-11-20/h2-13,16,25H,14-15,17-18H2,1H3. The first-order chi connectivity index (χ1) is 13.3. The molecule has 3 aromatic rings. The Hall–Kier alpha value is -2.98. The summed E-state index contributed by atoms with van der Waals surface area (Å²) < 4.78 is 12.1. The Morgan fingerprint density at radius 1 is 0.741 bits per heavy atom. The zero-order chi connectivity index (χ0) is 18.9. The van der Waals surface area contributed by atoms with Crippen molar-refractivity contribution in [2.75, 3.05) is 25.1 Å². The number of hydrogen-bond acceptors (Lipinski definition) is 4.